The largest absolute Gasteiger partial charge is 0.449 e. The molecular formula is C36H37N3O3. The third kappa shape index (κ3) is 6.89. The summed E-state index contributed by atoms with van der Waals surface area (Å²) in [7, 11) is 0. The standard InChI is InChI=1S/C36H37N3O3/c1-4-38(31-10-7-9-27(3)23-31)22-8-21-37-35(40)30-19-17-28(18-20-30)24-34-36(41)39(25-29-15-13-26(2)14-16-29)32-11-5-6-12-33(32)42-34/h5-7,9-20,23-24H,4,8,21-22,25H2,1-3H3,(H,37,40)/b34-24+. The van der Waals surface area contributed by atoms with Crippen LogP contribution in [0.2, 0.25) is 0 Å². The Bertz CT molecular complexity index is 1580. The van der Waals surface area contributed by atoms with Crippen molar-refractivity contribution >= 4 is 29.3 Å². The van der Waals surface area contributed by atoms with Crippen molar-refractivity contribution in [3.63, 3.8) is 0 Å². The highest BCUT2D eigenvalue weighted by atomic mass is 16.5. The number of para-hydroxylation sites is 2. The lowest BCUT2D eigenvalue weighted by Gasteiger charge is -2.30. The van der Waals surface area contributed by atoms with Crippen molar-refractivity contribution in [3.8, 4) is 5.75 Å². The van der Waals surface area contributed by atoms with Crippen LogP contribution in [0.5, 0.6) is 5.75 Å². The lowest BCUT2D eigenvalue weighted by molar-refractivity contribution is -0.117. The van der Waals surface area contributed by atoms with Gasteiger partial charge in [-0.1, -0.05) is 66.2 Å². The van der Waals surface area contributed by atoms with Crippen molar-refractivity contribution in [2.75, 3.05) is 29.4 Å². The van der Waals surface area contributed by atoms with Crippen molar-refractivity contribution in [3.05, 3.63) is 131 Å². The third-order valence-electron chi connectivity index (χ3n) is 7.40. The molecule has 1 heterocycles. The van der Waals surface area contributed by atoms with Crippen LogP contribution >= 0.6 is 0 Å². The first-order valence-corrected chi connectivity index (χ1v) is 14.5. The third-order valence-corrected chi connectivity index (χ3v) is 7.40. The quantitative estimate of drug-likeness (QED) is 0.169. The zero-order valence-electron chi connectivity index (χ0n) is 24.5. The van der Waals surface area contributed by atoms with Gasteiger partial charge in [-0.05, 0) is 86.4 Å². The van der Waals surface area contributed by atoms with Crippen molar-refractivity contribution in [1.29, 1.82) is 0 Å². The minimum atomic E-state index is -0.206. The molecule has 0 saturated carbocycles. The van der Waals surface area contributed by atoms with Crippen LogP contribution in [-0.4, -0.2) is 31.4 Å². The maximum Gasteiger partial charge on any atom is 0.294 e. The van der Waals surface area contributed by atoms with Crippen LogP contribution in [-0.2, 0) is 11.3 Å². The minimum absolute atomic E-state index is 0.115. The van der Waals surface area contributed by atoms with Gasteiger partial charge in [0.2, 0.25) is 0 Å². The number of hydrogen-bond acceptors (Lipinski definition) is 4. The summed E-state index contributed by atoms with van der Waals surface area (Å²) in [5.41, 5.74) is 6.75. The molecule has 0 saturated heterocycles. The summed E-state index contributed by atoms with van der Waals surface area (Å²) in [5.74, 6) is 0.557. The van der Waals surface area contributed by atoms with Gasteiger partial charge in [-0.2, -0.15) is 0 Å². The number of carbonyl (C=O) groups excluding carboxylic acids is 2. The van der Waals surface area contributed by atoms with Crippen LogP contribution in [0.25, 0.3) is 6.08 Å². The Labute approximate surface area is 248 Å². The van der Waals surface area contributed by atoms with E-state index in [1.807, 2.05) is 67.6 Å². The number of rotatable bonds is 10. The summed E-state index contributed by atoms with van der Waals surface area (Å²) in [6, 6.07) is 31.4. The van der Waals surface area contributed by atoms with Gasteiger partial charge in [-0.25, -0.2) is 0 Å². The van der Waals surface area contributed by atoms with Crippen LogP contribution < -0.4 is 19.9 Å². The number of carbonyl (C=O) groups is 2. The zero-order chi connectivity index (χ0) is 29.5. The Balaban J connectivity index is 1.21. The van der Waals surface area contributed by atoms with Crippen LogP contribution in [0.1, 0.15) is 46.0 Å². The summed E-state index contributed by atoms with van der Waals surface area (Å²) in [4.78, 5) is 30.4. The molecule has 0 spiro atoms. The highest BCUT2D eigenvalue weighted by molar-refractivity contribution is 6.09. The van der Waals surface area contributed by atoms with Crippen molar-refractivity contribution in [2.24, 2.45) is 0 Å². The molecule has 4 aromatic rings. The van der Waals surface area contributed by atoms with E-state index >= 15 is 0 Å². The molecule has 5 rings (SSSR count). The zero-order valence-corrected chi connectivity index (χ0v) is 24.5. The first kappa shape index (κ1) is 28.7. The lowest BCUT2D eigenvalue weighted by atomic mass is 10.1. The average molecular weight is 560 g/mol. The summed E-state index contributed by atoms with van der Waals surface area (Å²) >= 11 is 0. The Morgan fingerprint density at radius 2 is 1.67 bits per heavy atom. The first-order valence-electron chi connectivity index (χ1n) is 14.5. The fourth-order valence-corrected chi connectivity index (χ4v) is 5.05. The van der Waals surface area contributed by atoms with Crippen molar-refractivity contribution < 1.29 is 14.3 Å². The second-order valence-electron chi connectivity index (χ2n) is 10.6. The van der Waals surface area contributed by atoms with Gasteiger partial charge in [0.05, 0.1) is 12.2 Å². The molecule has 4 aromatic carbocycles. The molecule has 1 N–H and O–H groups in total. The molecule has 6 heteroatoms. The van der Waals surface area contributed by atoms with E-state index in [1.54, 1.807) is 23.1 Å². The normalized spacial score (nSPS) is 13.5. The van der Waals surface area contributed by atoms with E-state index in [0.717, 1.165) is 36.3 Å². The number of benzene rings is 4. The van der Waals surface area contributed by atoms with E-state index in [2.05, 4.69) is 48.3 Å². The number of nitrogens with zero attached hydrogens (tertiary/aromatic N) is 2. The molecule has 2 amide bonds. The molecule has 0 aliphatic carbocycles. The molecule has 0 atom stereocenters. The fraction of sp³-hybridized carbons (Fsp3) is 0.222. The Morgan fingerprint density at radius 1 is 0.905 bits per heavy atom. The number of fused-ring (bicyclic) bond motifs is 1. The summed E-state index contributed by atoms with van der Waals surface area (Å²) in [6.07, 6.45) is 2.57. The lowest BCUT2D eigenvalue weighted by Crippen LogP contribution is -2.36. The molecule has 0 unspecified atom stereocenters. The van der Waals surface area contributed by atoms with Crippen LogP contribution in [0, 0.1) is 13.8 Å². The molecule has 0 radical (unpaired) electrons. The van der Waals surface area contributed by atoms with Gasteiger partial charge in [0.1, 0.15) is 0 Å². The van der Waals surface area contributed by atoms with E-state index in [-0.39, 0.29) is 17.6 Å². The predicted octanol–water partition coefficient (Wildman–Crippen LogP) is 6.92. The van der Waals surface area contributed by atoms with Gasteiger partial charge in [0, 0.05) is 30.9 Å². The number of aryl methyl sites for hydroxylation is 2. The van der Waals surface area contributed by atoms with Gasteiger partial charge in [0.15, 0.2) is 11.5 Å². The SMILES string of the molecule is CCN(CCCNC(=O)c1ccc(/C=C2/Oc3ccccc3N(Cc3ccc(C)cc3)C2=O)cc1)c1cccc(C)c1. The van der Waals surface area contributed by atoms with Gasteiger partial charge in [-0.3, -0.25) is 14.5 Å². The Morgan fingerprint density at radius 3 is 2.40 bits per heavy atom. The topological polar surface area (TPSA) is 61.9 Å². The van der Waals surface area contributed by atoms with Crippen LogP contribution in [0.3, 0.4) is 0 Å². The summed E-state index contributed by atoms with van der Waals surface area (Å²) < 4.78 is 6.03. The van der Waals surface area contributed by atoms with Gasteiger partial charge in [0.25, 0.3) is 11.8 Å². The van der Waals surface area contributed by atoms with Crippen LogP contribution in [0.15, 0.2) is 103 Å². The highest BCUT2D eigenvalue weighted by Gasteiger charge is 2.30. The molecule has 1 aliphatic rings. The maximum atomic E-state index is 13.5. The van der Waals surface area contributed by atoms with Gasteiger partial charge < -0.3 is 15.0 Å². The van der Waals surface area contributed by atoms with E-state index in [9.17, 15) is 9.59 Å². The van der Waals surface area contributed by atoms with Crippen molar-refractivity contribution in [1.82, 2.24) is 5.32 Å². The smallest absolute Gasteiger partial charge is 0.294 e. The van der Waals surface area contributed by atoms with Crippen LogP contribution in [0.4, 0.5) is 11.4 Å². The van der Waals surface area contributed by atoms with Gasteiger partial charge in [-0.15, -0.1) is 0 Å². The summed E-state index contributed by atoms with van der Waals surface area (Å²) in [6.45, 7) is 9.09. The van der Waals surface area contributed by atoms with E-state index in [4.69, 9.17) is 4.74 Å². The molecule has 0 fully saturated rings. The number of hydrogen-bond donors (Lipinski definition) is 1. The predicted molar refractivity (Wildman–Crippen MR) is 170 cm³/mol. The second kappa shape index (κ2) is 13.2. The van der Waals surface area contributed by atoms with E-state index < -0.39 is 0 Å². The Kier molecular flexibility index (Phi) is 9.02. The molecule has 0 bridgehead atoms. The number of anilines is 2. The molecule has 0 aromatic heterocycles. The van der Waals surface area contributed by atoms with Gasteiger partial charge >= 0.3 is 0 Å². The van der Waals surface area contributed by atoms with E-state index in [1.165, 1.54) is 16.8 Å². The highest BCUT2D eigenvalue weighted by Crippen LogP contribution is 2.36. The number of nitrogens with one attached hydrogen (secondary N) is 1. The summed E-state index contributed by atoms with van der Waals surface area (Å²) in [5, 5.41) is 3.03. The Hall–Kier alpha value is -4.84. The monoisotopic (exact) mass is 559 g/mol. The number of amides is 2. The average Bonchev–Trinajstić information content (AvgIpc) is 3.00. The minimum Gasteiger partial charge on any atom is -0.449 e. The molecule has 1 aliphatic heterocycles. The first-order chi connectivity index (χ1) is 20.4. The maximum absolute atomic E-state index is 13.5. The van der Waals surface area contributed by atoms with E-state index in [0.29, 0.717) is 24.4 Å². The number of ether oxygens (including phenoxy) is 1. The second-order valence-corrected chi connectivity index (χ2v) is 10.6. The molecule has 214 valence electrons. The fourth-order valence-electron chi connectivity index (χ4n) is 5.05. The molecule has 6 nitrogen and oxygen atoms in total. The molecular weight excluding hydrogens is 522 g/mol. The molecule has 42 heavy (non-hydrogen) atoms. The van der Waals surface area contributed by atoms with Crippen molar-refractivity contribution in [2.45, 2.75) is 33.7 Å².